The van der Waals surface area contributed by atoms with Gasteiger partial charge in [0.05, 0.1) is 30.7 Å². The average molecular weight is 460 g/mol. The summed E-state index contributed by atoms with van der Waals surface area (Å²) in [7, 11) is 1.62. The molecule has 0 unspecified atom stereocenters. The highest BCUT2D eigenvalue weighted by molar-refractivity contribution is 7.98. The molecular formula is C20H25N7O4S. The van der Waals surface area contributed by atoms with Crippen molar-refractivity contribution in [3.8, 4) is 5.75 Å². The van der Waals surface area contributed by atoms with Gasteiger partial charge in [0, 0.05) is 12.2 Å². The summed E-state index contributed by atoms with van der Waals surface area (Å²) >= 11 is 1.34. The van der Waals surface area contributed by atoms with Gasteiger partial charge in [-0.15, -0.1) is 10.2 Å². The fourth-order valence-electron chi connectivity index (χ4n) is 3.09. The summed E-state index contributed by atoms with van der Waals surface area (Å²) < 4.78 is 14.1. The van der Waals surface area contributed by atoms with Gasteiger partial charge in [0.15, 0.2) is 5.82 Å². The molecule has 0 atom stereocenters. The third-order valence-corrected chi connectivity index (χ3v) is 5.58. The van der Waals surface area contributed by atoms with Gasteiger partial charge in [-0.25, -0.2) is 0 Å². The predicted octanol–water partition coefficient (Wildman–Crippen LogP) is 3.49. The second-order valence-electron chi connectivity index (χ2n) is 6.84. The van der Waals surface area contributed by atoms with E-state index >= 15 is 0 Å². The molecule has 0 N–H and O–H groups in total. The monoisotopic (exact) mass is 459 g/mol. The molecule has 11 nitrogen and oxygen atoms in total. The van der Waals surface area contributed by atoms with Crippen molar-refractivity contribution in [3.05, 3.63) is 56.7 Å². The highest BCUT2D eigenvalue weighted by Crippen LogP contribution is 2.26. The zero-order valence-corrected chi connectivity index (χ0v) is 19.4. The summed E-state index contributed by atoms with van der Waals surface area (Å²) in [5, 5.41) is 28.8. The zero-order valence-electron chi connectivity index (χ0n) is 18.6. The lowest BCUT2D eigenvalue weighted by atomic mass is 10.1. The molecule has 0 aliphatic rings. The number of aromatic nitrogens is 5. The Bertz CT molecular complexity index is 1140. The van der Waals surface area contributed by atoms with Crippen LogP contribution in [-0.4, -0.2) is 49.5 Å². The molecule has 12 heteroatoms. The van der Waals surface area contributed by atoms with Crippen molar-refractivity contribution in [2.45, 2.75) is 45.3 Å². The normalized spacial score (nSPS) is 11.4. The lowest BCUT2D eigenvalue weighted by Gasteiger charge is -2.09. The van der Waals surface area contributed by atoms with Crippen molar-refractivity contribution in [1.29, 1.82) is 0 Å². The largest absolute Gasteiger partial charge is 0.496 e. The maximum Gasteiger partial charge on any atom is 0.312 e. The molecule has 32 heavy (non-hydrogen) atoms. The molecule has 3 rings (SSSR count). The summed E-state index contributed by atoms with van der Waals surface area (Å²) in [6, 6.07) is 5.74. The fourth-order valence-corrected chi connectivity index (χ4v) is 3.97. The van der Waals surface area contributed by atoms with Gasteiger partial charge in [0.1, 0.15) is 17.1 Å². The topological polar surface area (TPSA) is 122 Å². The summed E-state index contributed by atoms with van der Waals surface area (Å²) in [5.74, 6) is 1.72. The number of rotatable bonds is 10. The second-order valence-corrected chi connectivity index (χ2v) is 7.76. The van der Waals surface area contributed by atoms with E-state index in [0.717, 1.165) is 16.9 Å². The predicted molar refractivity (Wildman–Crippen MR) is 120 cm³/mol. The molecule has 170 valence electrons. The van der Waals surface area contributed by atoms with Gasteiger partial charge in [0.25, 0.3) is 0 Å². The Morgan fingerprint density at radius 1 is 1.28 bits per heavy atom. The smallest absolute Gasteiger partial charge is 0.312 e. The Morgan fingerprint density at radius 2 is 2.06 bits per heavy atom. The molecule has 0 radical (unpaired) electrons. The van der Waals surface area contributed by atoms with Crippen molar-refractivity contribution in [1.82, 2.24) is 24.7 Å². The van der Waals surface area contributed by atoms with Crippen molar-refractivity contribution in [2.75, 3.05) is 13.7 Å². The van der Waals surface area contributed by atoms with Gasteiger partial charge in [-0.3, -0.25) is 14.8 Å². The van der Waals surface area contributed by atoms with E-state index in [4.69, 9.17) is 9.47 Å². The lowest BCUT2D eigenvalue weighted by molar-refractivity contribution is -0.386. The molecule has 1 aromatic carbocycles. The molecule has 0 amide bonds. The quantitative estimate of drug-likeness (QED) is 0.195. The molecule has 0 spiro atoms. The number of aryl methyl sites for hydroxylation is 2. The van der Waals surface area contributed by atoms with E-state index < -0.39 is 4.92 Å². The van der Waals surface area contributed by atoms with Crippen LogP contribution in [0, 0.1) is 30.9 Å². The molecule has 0 aliphatic carbocycles. The van der Waals surface area contributed by atoms with Crippen molar-refractivity contribution >= 4 is 23.7 Å². The highest BCUT2D eigenvalue weighted by atomic mass is 32.2. The van der Waals surface area contributed by atoms with Crippen LogP contribution in [0.1, 0.15) is 35.3 Å². The second kappa shape index (κ2) is 10.4. The van der Waals surface area contributed by atoms with E-state index in [1.807, 2.05) is 25.1 Å². The maximum absolute atomic E-state index is 11.2. The molecule has 0 bridgehead atoms. The number of methoxy groups -OCH3 is 1. The van der Waals surface area contributed by atoms with E-state index in [1.54, 1.807) is 43.5 Å². The van der Waals surface area contributed by atoms with Crippen LogP contribution in [-0.2, 0) is 17.2 Å². The van der Waals surface area contributed by atoms with Gasteiger partial charge in [0.2, 0.25) is 5.16 Å². The SMILES string of the molecule is CCOCc1cc(/C=N/n2c(C)nnc2SCn2nc(C)c([N+](=O)[O-])c2C)ccc1OC. The van der Waals surface area contributed by atoms with Crippen LogP contribution in [0.3, 0.4) is 0 Å². The first kappa shape index (κ1) is 23.4. The first-order valence-corrected chi connectivity index (χ1v) is 10.9. The van der Waals surface area contributed by atoms with Gasteiger partial charge >= 0.3 is 5.69 Å². The van der Waals surface area contributed by atoms with Crippen LogP contribution in [0.25, 0.3) is 0 Å². The standard InChI is InChI=1S/C20H25N7O4S/c1-6-31-11-17-9-16(7-8-18(17)30-5)10-21-26-15(4)22-23-20(26)32-12-25-14(3)19(27(28)29)13(2)24-25/h7-10H,6,11-12H2,1-5H3/b21-10+. The molecular weight excluding hydrogens is 434 g/mol. The van der Waals surface area contributed by atoms with Gasteiger partial charge < -0.3 is 9.47 Å². The number of thioether (sulfide) groups is 1. The average Bonchev–Trinajstić information content (AvgIpc) is 3.26. The minimum Gasteiger partial charge on any atom is -0.496 e. The van der Waals surface area contributed by atoms with Crippen molar-refractivity contribution < 1.29 is 14.4 Å². The minimum absolute atomic E-state index is 0.0311. The summed E-state index contributed by atoms with van der Waals surface area (Å²) in [5.41, 5.74) is 2.71. The van der Waals surface area contributed by atoms with Crippen LogP contribution in [0.15, 0.2) is 28.5 Å². The number of nitrogens with zero attached hydrogens (tertiary/aromatic N) is 7. The van der Waals surface area contributed by atoms with Gasteiger partial charge in [-0.2, -0.15) is 14.9 Å². The fraction of sp³-hybridized carbons (Fsp3) is 0.400. The van der Waals surface area contributed by atoms with Crippen molar-refractivity contribution in [2.24, 2.45) is 5.10 Å². The molecule has 0 saturated heterocycles. The number of hydrogen-bond donors (Lipinski definition) is 0. The van der Waals surface area contributed by atoms with E-state index in [-0.39, 0.29) is 5.69 Å². The van der Waals surface area contributed by atoms with Crippen molar-refractivity contribution in [3.63, 3.8) is 0 Å². The molecule has 0 fully saturated rings. The Hall–Kier alpha value is -3.25. The van der Waals surface area contributed by atoms with Crippen LogP contribution in [0.2, 0.25) is 0 Å². The van der Waals surface area contributed by atoms with Crippen LogP contribution in [0.5, 0.6) is 5.75 Å². The summed E-state index contributed by atoms with van der Waals surface area (Å²) in [4.78, 5) is 10.8. The van der Waals surface area contributed by atoms with E-state index in [1.165, 1.54) is 11.8 Å². The highest BCUT2D eigenvalue weighted by Gasteiger charge is 2.22. The van der Waals surface area contributed by atoms with Crippen LogP contribution < -0.4 is 4.74 Å². The van der Waals surface area contributed by atoms with E-state index in [2.05, 4.69) is 20.4 Å². The Labute approximate surface area is 189 Å². The van der Waals surface area contributed by atoms with E-state index in [0.29, 0.717) is 41.5 Å². The Kier molecular flexibility index (Phi) is 7.59. The maximum atomic E-state index is 11.2. The molecule has 3 aromatic rings. The first-order chi connectivity index (χ1) is 15.3. The van der Waals surface area contributed by atoms with E-state index in [9.17, 15) is 10.1 Å². The molecule has 2 aromatic heterocycles. The number of hydrogen-bond acceptors (Lipinski definition) is 9. The number of benzene rings is 1. The Morgan fingerprint density at radius 3 is 2.72 bits per heavy atom. The number of nitro groups is 1. The van der Waals surface area contributed by atoms with Crippen LogP contribution >= 0.6 is 11.8 Å². The lowest BCUT2D eigenvalue weighted by Crippen LogP contribution is -2.03. The minimum atomic E-state index is -0.412. The molecule has 0 saturated carbocycles. The zero-order chi connectivity index (χ0) is 23.3. The molecule has 0 aliphatic heterocycles. The third kappa shape index (κ3) is 5.14. The summed E-state index contributed by atoms with van der Waals surface area (Å²) in [6.07, 6.45) is 1.71. The third-order valence-electron chi connectivity index (χ3n) is 4.70. The van der Waals surface area contributed by atoms with Crippen LogP contribution in [0.4, 0.5) is 5.69 Å². The first-order valence-electron chi connectivity index (χ1n) is 9.87. The Balaban J connectivity index is 1.79. The number of ether oxygens (including phenoxy) is 2. The van der Waals surface area contributed by atoms with Gasteiger partial charge in [-0.1, -0.05) is 11.8 Å². The summed E-state index contributed by atoms with van der Waals surface area (Å²) in [6.45, 7) is 8.10. The molecule has 2 heterocycles. The van der Waals surface area contributed by atoms with Gasteiger partial charge in [-0.05, 0) is 51.5 Å².